The lowest BCUT2D eigenvalue weighted by molar-refractivity contribution is -0.0739. The number of H-pyrrole nitrogens is 1. The molecule has 0 saturated carbocycles. The Balaban J connectivity index is 1.61. The molecule has 0 bridgehead atoms. The summed E-state index contributed by atoms with van der Waals surface area (Å²) in [5, 5.41) is 13.3. The lowest BCUT2D eigenvalue weighted by Crippen LogP contribution is -2.49. The van der Waals surface area contributed by atoms with Crippen molar-refractivity contribution in [2.24, 2.45) is 0 Å². The third kappa shape index (κ3) is 3.59. The number of aryl methyl sites for hydroxylation is 2. The van der Waals surface area contributed by atoms with Crippen LogP contribution in [0.25, 0.3) is 0 Å². The summed E-state index contributed by atoms with van der Waals surface area (Å²) >= 11 is 0. The number of hydrogen-bond acceptors (Lipinski definition) is 6. The lowest BCUT2D eigenvalue weighted by Gasteiger charge is -2.32. The molecular weight excluding hydrogens is 300 g/mol. The number of hydrogen-bond donors (Lipinski definition) is 2. The molecule has 2 aromatic rings. The van der Waals surface area contributed by atoms with Gasteiger partial charge in [-0.25, -0.2) is 0 Å². The summed E-state index contributed by atoms with van der Waals surface area (Å²) in [7, 11) is 0. The van der Waals surface area contributed by atoms with Crippen LogP contribution in [-0.2, 0) is 16.1 Å². The van der Waals surface area contributed by atoms with Gasteiger partial charge < -0.3 is 19.3 Å². The van der Waals surface area contributed by atoms with Gasteiger partial charge in [-0.15, -0.1) is 0 Å². The first kappa shape index (κ1) is 15.7. The molecule has 2 N–H and O–H groups in total. The summed E-state index contributed by atoms with van der Waals surface area (Å²) in [5.74, 6) is 0.579. The second-order valence-corrected chi connectivity index (χ2v) is 5.58. The highest BCUT2D eigenvalue weighted by atomic mass is 16.5. The molecule has 1 saturated heterocycles. The number of aromatic amines is 1. The van der Waals surface area contributed by atoms with Crippen LogP contribution < -0.4 is 5.32 Å². The number of aromatic nitrogens is 3. The van der Waals surface area contributed by atoms with E-state index in [1.807, 2.05) is 13.8 Å². The number of rotatable bonds is 5. The van der Waals surface area contributed by atoms with Crippen molar-refractivity contribution in [1.29, 1.82) is 0 Å². The normalized spacial score (nSPS) is 21.3. The Bertz CT molecular complexity index is 633. The molecule has 1 amide bonds. The van der Waals surface area contributed by atoms with E-state index in [0.29, 0.717) is 31.8 Å². The fraction of sp³-hybridized carbons (Fsp3) is 0.533. The standard InChI is InChI=1S/C15H20N4O4/c1-9-12(10(2)23-19-9)7-22-14-8-21-4-3-13(14)18-15(20)11-5-16-17-6-11/h5-6,13-14H,3-4,7-8H2,1-2H3,(H,16,17)(H,18,20)/t13-,14-/m0/s1. The molecular formula is C15H20N4O4. The highest BCUT2D eigenvalue weighted by Crippen LogP contribution is 2.18. The zero-order chi connectivity index (χ0) is 16.2. The van der Waals surface area contributed by atoms with E-state index in [1.165, 1.54) is 6.20 Å². The van der Waals surface area contributed by atoms with Gasteiger partial charge in [0.2, 0.25) is 0 Å². The van der Waals surface area contributed by atoms with Crippen LogP contribution in [0.4, 0.5) is 0 Å². The molecule has 8 heteroatoms. The fourth-order valence-corrected chi connectivity index (χ4v) is 2.57. The Morgan fingerprint density at radius 3 is 3.09 bits per heavy atom. The first-order valence-electron chi connectivity index (χ1n) is 7.56. The van der Waals surface area contributed by atoms with Crippen molar-refractivity contribution in [2.45, 2.75) is 39.0 Å². The third-order valence-electron chi connectivity index (χ3n) is 4.00. The van der Waals surface area contributed by atoms with Crippen molar-refractivity contribution in [3.05, 3.63) is 35.0 Å². The van der Waals surface area contributed by atoms with Crippen LogP contribution in [-0.4, -0.2) is 46.6 Å². The van der Waals surface area contributed by atoms with Crippen molar-refractivity contribution < 1.29 is 18.8 Å². The summed E-state index contributed by atoms with van der Waals surface area (Å²) in [6.07, 6.45) is 3.55. The van der Waals surface area contributed by atoms with Crippen molar-refractivity contribution >= 4 is 5.91 Å². The van der Waals surface area contributed by atoms with Crippen LogP contribution in [0.2, 0.25) is 0 Å². The van der Waals surface area contributed by atoms with Gasteiger partial charge in [0.15, 0.2) is 0 Å². The van der Waals surface area contributed by atoms with E-state index in [0.717, 1.165) is 17.0 Å². The molecule has 3 rings (SSSR count). The van der Waals surface area contributed by atoms with Gasteiger partial charge in [0, 0.05) is 18.4 Å². The average molecular weight is 320 g/mol. The Kier molecular flexibility index (Phi) is 4.73. The SMILES string of the molecule is Cc1noc(C)c1CO[C@H]1COCC[C@@H]1NC(=O)c1cn[nH]c1. The van der Waals surface area contributed by atoms with E-state index < -0.39 is 0 Å². The van der Waals surface area contributed by atoms with E-state index in [9.17, 15) is 4.79 Å². The molecule has 0 aromatic carbocycles. The Morgan fingerprint density at radius 2 is 2.39 bits per heavy atom. The van der Waals surface area contributed by atoms with E-state index >= 15 is 0 Å². The second-order valence-electron chi connectivity index (χ2n) is 5.58. The smallest absolute Gasteiger partial charge is 0.254 e. The Labute approximate surface area is 133 Å². The van der Waals surface area contributed by atoms with E-state index in [4.69, 9.17) is 14.0 Å². The molecule has 1 aliphatic rings. The summed E-state index contributed by atoms with van der Waals surface area (Å²) in [5.41, 5.74) is 2.26. The summed E-state index contributed by atoms with van der Waals surface area (Å²) in [6.45, 7) is 5.16. The number of carbonyl (C=O) groups excluding carboxylic acids is 1. The number of carbonyl (C=O) groups is 1. The molecule has 1 aliphatic heterocycles. The quantitative estimate of drug-likeness (QED) is 0.856. The summed E-state index contributed by atoms with van der Waals surface area (Å²) < 4.78 is 16.6. The fourth-order valence-electron chi connectivity index (χ4n) is 2.57. The maximum absolute atomic E-state index is 12.2. The Morgan fingerprint density at radius 1 is 1.52 bits per heavy atom. The number of ether oxygens (including phenoxy) is 2. The molecule has 0 radical (unpaired) electrons. The maximum Gasteiger partial charge on any atom is 0.254 e. The van der Waals surface area contributed by atoms with Crippen molar-refractivity contribution in [1.82, 2.24) is 20.7 Å². The monoisotopic (exact) mass is 320 g/mol. The molecule has 0 spiro atoms. The van der Waals surface area contributed by atoms with Crippen LogP contribution in [0.1, 0.15) is 33.8 Å². The second kappa shape index (κ2) is 6.93. The van der Waals surface area contributed by atoms with Gasteiger partial charge in [-0.2, -0.15) is 5.10 Å². The zero-order valence-corrected chi connectivity index (χ0v) is 13.2. The van der Waals surface area contributed by atoms with Gasteiger partial charge in [0.25, 0.3) is 5.91 Å². The van der Waals surface area contributed by atoms with Crippen LogP contribution in [0.5, 0.6) is 0 Å². The summed E-state index contributed by atoms with van der Waals surface area (Å²) in [6, 6.07) is -0.105. The van der Waals surface area contributed by atoms with E-state index in [-0.39, 0.29) is 18.1 Å². The first-order chi connectivity index (χ1) is 11.1. The van der Waals surface area contributed by atoms with Crippen molar-refractivity contribution in [3.8, 4) is 0 Å². The van der Waals surface area contributed by atoms with E-state index in [2.05, 4.69) is 20.7 Å². The number of amides is 1. The summed E-state index contributed by atoms with van der Waals surface area (Å²) in [4.78, 5) is 12.2. The van der Waals surface area contributed by atoms with Crippen LogP contribution in [0.15, 0.2) is 16.9 Å². The van der Waals surface area contributed by atoms with Crippen LogP contribution in [0.3, 0.4) is 0 Å². The molecule has 2 atom stereocenters. The molecule has 8 nitrogen and oxygen atoms in total. The van der Waals surface area contributed by atoms with Crippen molar-refractivity contribution in [3.63, 3.8) is 0 Å². The van der Waals surface area contributed by atoms with Gasteiger partial charge in [0.05, 0.1) is 36.7 Å². The largest absolute Gasteiger partial charge is 0.379 e. The minimum atomic E-state index is -0.215. The molecule has 0 aliphatic carbocycles. The minimum Gasteiger partial charge on any atom is -0.379 e. The topological polar surface area (TPSA) is 102 Å². The minimum absolute atomic E-state index is 0.105. The van der Waals surface area contributed by atoms with Gasteiger partial charge in [-0.05, 0) is 20.3 Å². The van der Waals surface area contributed by atoms with Gasteiger partial charge in [0.1, 0.15) is 11.9 Å². The highest BCUT2D eigenvalue weighted by molar-refractivity contribution is 5.93. The zero-order valence-electron chi connectivity index (χ0n) is 13.2. The van der Waals surface area contributed by atoms with Crippen molar-refractivity contribution in [2.75, 3.05) is 13.2 Å². The highest BCUT2D eigenvalue weighted by Gasteiger charge is 2.29. The molecule has 1 fully saturated rings. The van der Waals surface area contributed by atoms with Gasteiger partial charge in [-0.1, -0.05) is 5.16 Å². The molecule has 2 aromatic heterocycles. The molecule has 0 unspecified atom stereocenters. The molecule has 23 heavy (non-hydrogen) atoms. The van der Waals surface area contributed by atoms with Gasteiger partial charge in [-0.3, -0.25) is 9.89 Å². The maximum atomic E-state index is 12.2. The first-order valence-corrected chi connectivity index (χ1v) is 7.56. The van der Waals surface area contributed by atoms with Crippen LogP contribution in [0, 0.1) is 13.8 Å². The molecule has 124 valence electrons. The van der Waals surface area contributed by atoms with Crippen LogP contribution >= 0.6 is 0 Å². The van der Waals surface area contributed by atoms with Gasteiger partial charge >= 0.3 is 0 Å². The number of nitrogens with zero attached hydrogens (tertiary/aromatic N) is 2. The number of nitrogens with one attached hydrogen (secondary N) is 2. The van der Waals surface area contributed by atoms with E-state index in [1.54, 1.807) is 6.20 Å². The predicted octanol–water partition coefficient (Wildman–Crippen LogP) is 1.12. The Hall–Kier alpha value is -2.19. The average Bonchev–Trinajstić information content (AvgIpc) is 3.18. The lowest BCUT2D eigenvalue weighted by atomic mass is 10.1. The predicted molar refractivity (Wildman–Crippen MR) is 79.8 cm³/mol. The third-order valence-corrected chi connectivity index (χ3v) is 4.00. The molecule has 3 heterocycles.